The molecule has 0 aromatic heterocycles. The lowest BCUT2D eigenvalue weighted by Crippen LogP contribution is -2.44. The average Bonchev–Trinajstić information content (AvgIpc) is 2.98. The van der Waals surface area contributed by atoms with Gasteiger partial charge in [-0.1, -0.05) is 0 Å². The minimum Gasteiger partial charge on any atom is -0.399 e. The molecule has 1 heterocycles. The highest BCUT2D eigenvalue weighted by Crippen LogP contribution is 2.10. The molecular formula is C14H17N3O4. The highest BCUT2D eigenvalue weighted by Gasteiger charge is 2.21. The molecule has 4 N–H and O–H groups in total. The number of benzene rings is 1. The average molecular weight is 291 g/mol. The van der Waals surface area contributed by atoms with E-state index in [1.54, 1.807) is 0 Å². The van der Waals surface area contributed by atoms with E-state index in [1.165, 1.54) is 24.3 Å². The van der Waals surface area contributed by atoms with Crippen LogP contribution in [-0.4, -0.2) is 37.0 Å². The molecule has 1 aromatic rings. The van der Waals surface area contributed by atoms with E-state index in [1.807, 2.05) is 5.32 Å². The van der Waals surface area contributed by atoms with Gasteiger partial charge in [-0.25, -0.2) is 0 Å². The van der Waals surface area contributed by atoms with E-state index < -0.39 is 17.7 Å². The summed E-state index contributed by atoms with van der Waals surface area (Å²) in [7, 11) is 0. The monoisotopic (exact) mass is 291 g/mol. The van der Waals surface area contributed by atoms with E-state index in [2.05, 4.69) is 5.32 Å². The van der Waals surface area contributed by atoms with E-state index >= 15 is 0 Å². The maximum Gasteiger partial charge on any atom is 0.316 e. The highest BCUT2D eigenvalue weighted by atomic mass is 16.5. The molecule has 1 fully saturated rings. The van der Waals surface area contributed by atoms with Crippen molar-refractivity contribution in [1.82, 2.24) is 10.6 Å². The molecule has 7 nitrogen and oxygen atoms in total. The van der Waals surface area contributed by atoms with Crippen molar-refractivity contribution in [2.24, 2.45) is 0 Å². The summed E-state index contributed by atoms with van der Waals surface area (Å²) in [6.45, 7) is 0.935. The molecule has 1 aromatic carbocycles. The van der Waals surface area contributed by atoms with Gasteiger partial charge in [-0.05, 0) is 37.1 Å². The number of nitrogens with two attached hydrogens (primary N) is 1. The number of amides is 3. The molecule has 112 valence electrons. The molecular weight excluding hydrogens is 274 g/mol. The topological polar surface area (TPSA) is 111 Å². The minimum absolute atomic E-state index is 0.0606. The quantitative estimate of drug-likeness (QED) is 0.528. The number of hydrogen-bond donors (Lipinski definition) is 3. The number of imide groups is 1. The Balaban J connectivity index is 1.80. The Bertz CT molecular complexity index is 536. The van der Waals surface area contributed by atoms with Crippen molar-refractivity contribution in [3.8, 4) is 0 Å². The van der Waals surface area contributed by atoms with Gasteiger partial charge in [-0.3, -0.25) is 19.7 Å². The Hall–Kier alpha value is -2.41. The van der Waals surface area contributed by atoms with Crippen LogP contribution in [0.5, 0.6) is 0 Å². The van der Waals surface area contributed by atoms with Gasteiger partial charge in [0.05, 0.1) is 6.10 Å². The van der Waals surface area contributed by atoms with Crippen molar-refractivity contribution in [2.45, 2.75) is 18.9 Å². The number of nitrogens with one attached hydrogen (secondary N) is 2. The van der Waals surface area contributed by atoms with Crippen LogP contribution in [0.1, 0.15) is 23.2 Å². The van der Waals surface area contributed by atoms with Gasteiger partial charge in [0.25, 0.3) is 5.91 Å². The summed E-state index contributed by atoms with van der Waals surface area (Å²) in [4.78, 5) is 34.9. The smallest absolute Gasteiger partial charge is 0.316 e. The maximum atomic E-state index is 11.8. The molecule has 7 heteroatoms. The van der Waals surface area contributed by atoms with E-state index in [-0.39, 0.29) is 18.2 Å². The summed E-state index contributed by atoms with van der Waals surface area (Å²) >= 11 is 0. The van der Waals surface area contributed by atoms with E-state index in [0.29, 0.717) is 12.3 Å². The first-order valence-corrected chi connectivity index (χ1v) is 6.67. The summed E-state index contributed by atoms with van der Waals surface area (Å²) in [5.41, 5.74) is 6.26. The Morgan fingerprint density at radius 2 is 1.90 bits per heavy atom. The van der Waals surface area contributed by atoms with Crippen LogP contribution >= 0.6 is 0 Å². The standard InChI is InChI=1S/C14H17N3O4/c15-10-5-3-9(4-6-10)12(18)17-14(20)13(19)16-8-11-2-1-7-21-11/h3-6,11H,1-2,7-8,15H2,(H,16,19)(H,17,18,20). The second kappa shape index (κ2) is 6.85. The Morgan fingerprint density at radius 1 is 1.19 bits per heavy atom. The van der Waals surface area contributed by atoms with Crippen molar-refractivity contribution in [3.05, 3.63) is 29.8 Å². The molecule has 1 unspecified atom stereocenters. The van der Waals surface area contributed by atoms with E-state index in [4.69, 9.17) is 10.5 Å². The van der Waals surface area contributed by atoms with Crippen molar-refractivity contribution in [2.75, 3.05) is 18.9 Å². The minimum atomic E-state index is -0.991. The van der Waals surface area contributed by atoms with Gasteiger partial charge in [0, 0.05) is 24.4 Å². The number of anilines is 1. The first-order valence-electron chi connectivity index (χ1n) is 6.67. The van der Waals surface area contributed by atoms with E-state index in [9.17, 15) is 14.4 Å². The Labute approximate surface area is 121 Å². The first-order chi connectivity index (χ1) is 10.1. The van der Waals surface area contributed by atoms with Gasteiger partial charge in [0.2, 0.25) is 0 Å². The predicted octanol–water partition coefficient (Wildman–Crippen LogP) is -0.180. The molecule has 1 saturated heterocycles. The molecule has 3 amide bonds. The van der Waals surface area contributed by atoms with Crippen LogP contribution in [0.15, 0.2) is 24.3 Å². The van der Waals surface area contributed by atoms with Gasteiger partial charge >= 0.3 is 11.8 Å². The Kier molecular flexibility index (Phi) is 4.89. The van der Waals surface area contributed by atoms with Gasteiger partial charge in [0.1, 0.15) is 0 Å². The van der Waals surface area contributed by atoms with Crippen LogP contribution in [0.25, 0.3) is 0 Å². The van der Waals surface area contributed by atoms with Crippen LogP contribution in [0.2, 0.25) is 0 Å². The fourth-order valence-electron chi connectivity index (χ4n) is 1.96. The zero-order valence-electron chi connectivity index (χ0n) is 11.4. The lowest BCUT2D eigenvalue weighted by atomic mass is 10.2. The molecule has 0 radical (unpaired) electrons. The number of rotatable bonds is 3. The highest BCUT2D eigenvalue weighted by molar-refractivity contribution is 6.38. The summed E-state index contributed by atoms with van der Waals surface area (Å²) in [5.74, 6) is -2.49. The normalized spacial score (nSPS) is 17.2. The molecule has 2 rings (SSSR count). The second-order valence-corrected chi connectivity index (χ2v) is 4.75. The second-order valence-electron chi connectivity index (χ2n) is 4.75. The summed E-state index contributed by atoms with van der Waals surface area (Å²) in [6.07, 6.45) is 1.74. The van der Waals surface area contributed by atoms with Crippen molar-refractivity contribution < 1.29 is 19.1 Å². The van der Waals surface area contributed by atoms with Gasteiger partial charge in [-0.2, -0.15) is 0 Å². The molecule has 0 bridgehead atoms. The third-order valence-corrected chi connectivity index (χ3v) is 3.12. The van der Waals surface area contributed by atoms with Gasteiger partial charge in [0.15, 0.2) is 0 Å². The van der Waals surface area contributed by atoms with Crippen LogP contribution in [0.3, 0.4) is 0 Å². The number of carbonyl (C=O) groups excluding carboxylic acids is 3. The fourth-order valence-corrected chi connectivity index (χ4v) is 1.96. The zero-order chi connectivity index (χ0) is 15.2. The molecule has 21 heavy (non-hydrogen) atoms. The van der Waals surface area contributed by atoms with Crippen molar-refractivity contribution in [3.63, 3.8) is 0 Å². The number of ether oxygens (including phenoxy) is 1. The van der Waals surface area contributed by atoms with Gasteiger partial charge in [-0.15, -0.1) is 0 Å². The van der Waals surface area contributed by atoms with Crippen LogP contribution in [-0.2, 0) is 14.3 Å². The lowest BCUT2D eigenvalue weighted by Gasteiger charge is -2.10. The lowest BCUT2D eigenvalue weighted by molar-refractivity contribution is -0.138. The number of nitrogen functional groups attached to an aromatic ring is 1. The van der Waals surface area contributed by atoms with Gasteiger partial charge < -0.3 is 15.8 Å². The predicted molar refractivity (Wildman–Crippen MR) is 75.3 cm³/mol. The molecule has 1 atom stereocenters. The Morgan fingerprint density at radius 3 is 2.52 bits per heavy atom. The largest absolute Gasteiger partial charge is 0.399 e. The summed E-state index contributed by atoms with van der Waals surface area (Å²) in [5, 5.41) is 4.46. The number of hydrogen-bond acceptors (Lipinski definition) is 5. The molecule has 1 aliphatic rings. The molecule has 1 aliphatic heterocycles. The van der Waals surface area contributed by atoms with E-state index in [0.717, 1.165) is 12.8 Å². The van der Waals surface area contributed by atoms with Crippen LogP contribution < -0.4 is 16.4 Å². The number of carbonyl (C=O) groups is 3. The zero-order valence-corrected chi connectivity index (χ0v) is 11.4. The van der Waals surface area contributed by atoms with Crippen molar-refractivity contribution >= 4 is 23.4 Å². The third kappa shape index (κ3) is 4.28. The fraction of sp³-hybridized carbons (Fsp3) is 0.357. The molecule has 0 saturated carbocycles. The first kappa shape index (κ1) is 15.0. The SMILES string of the molecule is Nc1ccc(C(=O)NC(=O)C(=O)NCC2CCCO2)cc1. The molecule has 0 spiro atoms. The molecule has 0 aliphatic carbocycles. The summed E-state index contributed by atoms with van der Waals surface area (Å²) in [6, 6.07) is 6.03. The van der Waals surface area contributed by atoms with Crippen LogP contribution in [0.4, 0.5) is 5.69 Å². The van der Waals surface area contributed by atoms with Crippen LogP contribution in [0, 0.1) is 0 Å². The maximum absolute atomic E-state index is 11.8. The van der Waals surface area contributed by atoms with Crippen molar-refractivity contribution in [1.29, 1.82) is 0 Å². The summed E-state index contributed by atoms with van der Waals surface area (Å²) < 4.78 is 5.32. The third-order valence-electron chi connectivity index (χ3n) is 3.12.